The van der Waals surface area contributed by atoms with Gasteiger partial charge in [-0.3, -0.25) is 19.9 Å². The van der Waals surface area contributed by atoms with Gasteiger partial charge in [0.2, 0.25) is 0 Å². The van der Waals surface area contributed by atoms with Crippen molar-refractivity contribution in [2.45, 2.75) is 32.7 Å². The van der Waals surface area contributed by atoms with E-state index in [1.807, 2.05) is 30.3 Å². The number of nitrogens with zero attached hydrogens (tertiary/aromatic N) is 2. The van der Waals surface area contributed by atoms with Gasteiger partial charge in [0, 0.05) is 47.0 Å². The number of anilines is 1. The summed E-state index contributed by atoms with van der Waals surface area (Å²) in [4.78, 5) is 28.7. The van der Waals surface area contributed by atoms with E-state index in [9.17, 15) is 14.9 Å². The second kappa shape index (κ2) is 6.49. The minimum absolute atomic E-state index is 0.0218. The number of benzene rings is 2. The van der Waals surface area contributed by atoms with Crippen molar-refractivity contribution in [2.24, 2.45) is 5.41 Å². The first kappa shape index (κ1) is 18.5. The predicted octanol–water partition coefficient (Wildman–Crippen LogP) is 5.45. The molecule has 0 saturated carbocycles. The Morgan fingerprint density at radius 2 is 1.97 bits per heavy atom. The minimum Gasteiger partial charge on any atom is -0.373 e. The van der Waals surface area contributed by atoms with Crippen LogP contribution < -0.4 is 5.32 Å². The van der Waals surface area contributed by atoms with Crippen molar-refractivity contribution >= 4 is 33.6 Å². The highest BCUT2D eigenvalue weighted by atomic mass is 16.6. The summed E-state index contributed by atoms with van der Waals surface area (Å²) in [6, 6.07) is 14.0. The van der Waals surface area contributed by atoms with Crippen LogP contribution >= 0.6 is 0 Å². The van der Waals surface area contributed by atoms with Crippen LogP contribution in [0.3, 0.4) is 0 Å². The number of nitro groups is 1. The summed E-state index contributed by atoms with van der Waals surface area (Å²) in [5, 5.41) is 15.8. The number of carbonyl (C=O) groups is 1. The SMILES string of the molecule is CC1(C)CC(=O)C2=C(C1)c1c(ccc3ncccc13)N[C@H]2c1cccc([N+](=O)[O-])c1. The molecule has 2 aliphatic rings. The normalized spacial score (nSPS) is 19.8. The summed E-state index contributed by atoms with van der Waals surface area (Å²) >= 11 is 0. The van der Waals surface area contributed by atoms with Crippen LogP contribution in [-0.2, 0) is 4.79 Å². The summed E-state index contributed by atoms with van der Waals surface area (Å²) in [5.74, 6) is 0.0943. The lowest BCUT2D eigenvalue weighted by Crippen LogP contribution is -2.33. The molecule has 2 heterocycles. The largest absolute Gasteiger partial charge is 0.373 e. The third kappa shape index (κ3) is 2.87. The minimum atomic E-state index is -0.412. The molecule has 1 aliphatic heterocycles. The number of allylic oxidation sites excluding steroid dienone is 1. The molecule has 0 radical (unpaired) electrons. The van der Waals surface area contributed by atoms with Crippen LogP contribution in [-0.4, -0.2) is 15.7 Å². The van der Waals surface area contributed by atoms with Crippen molar-refractivity contribution in [3.63, 3.8) is 0 Å². The Hall–Kier alpha value is -3.54. The number of Topliss-reactive ketones (excluding diaryl/α,β-unsaturated/α-hetero) is 1. The smallest absolute Gasteiger partial charge is 0.269 e. The molecule has 0 bridgehead atoms. The number of fused-ring (bicyclic) bond motifs is 4. The Balaban J connectivity index is 1.78. The zero-order chi connectivity index (χ0) is 21.0. The molecule has 5 rings (SSSR count). The Morgan fingerprint density at radius 1 is 1.13 bits per heavy atom. The molecule has 0 amide bonds. The molecule has 1 N–H and O–H groups in total. The number of aromatic nitrogens is 1. The summed E-state index contributed by atoms with van der Waals surface area (Å²) < 4.78 is 0. The van der Waals surface area contributed by atoms with Crippen molar-refractivity contribution in [2.75, 3.05) is 5.32 Å². The van der Waals surface area contributed by atoms with Crippen LogP contribution in [0, 0.1) is 15.5 Å². The van der Waals surface area contributed by atoms with Crippen molar-refractivity contribution in [1.29, 1.82) is 0 Å². The van der Waals surface area contributed by atoms with Gasteiger partial charge in [0.25, 0.3) is 5.69 Å². The molecule has 30 heavy (non-hydrogen) atoms. The predicted molar refractivity (Wildman–Crippen MR) is 116 cm³/mol. The van der Waals surface area contributed by atoms with E-state index in [1.165, 1.54) is 6.07 Å². The van der Waals surface area contributed by atoms with E-state index in [-0.39, 0.29) is 16.9 Å². The van der Waals surface area contributed by atoms with E-state index in [1.54, 1.807) is 18.3 Å². The van der Waals surface area contributed by atoms with Crippen molar-refractivity contribution in [3.05, 3.63) is 81.5 Å². The van der Waals surface area contributed by atoms with Gasteiger partial charge < -0.3 is 5.32 Å². The fourth-order valence-electron chi connectivity index (χ4n) is 4.79. The molecule has 0 saturated heterocycles. The first-order valence-corrected chi connectivity index (χ1v) is 9.99. The van der Waals surface area contributed by atoms with Crippen molar-refractivity contribution in [3.8, 4) is 0 Å². The number of nitrogens with one attached hydrogen (secondary N) is 1. The zero-order valence-corrected chi connectivity index (χ0v) is 16.8. The topological polar surface area (TPSA) is 85.1 Å². The molecule has 150 valence electrons. The molecule has 6 nitrogen and oxygen atoms in total. The van der Waals surface area contributed by atoms with E-state index in [0.717, 1.165) is 45.3 Å². The monoisotopic (exact) mass is 399 g/mol. The van der Waals surface area contributed by atoms with Crippen LogP contribution in [0.2, 0.25) is 0 Å². The van der Waals surface area contributed by atoms with Gasteiger partial charge in [0.1, 0.15) is 0 Å². The lowest BCUT2D eigenvalue weighted by atomic mass is 9.68. The Morgan fingerprint density at radius 3 is 2.77 bits per heavy atom. The van der Waals surface area contributed by atoms with Gasteiger partial charge in [-0.15, -0.1) is 0 Å². The quantitative estimate of drug-likeness (QED) is 0.457. The van der Waals surface area contributed by atoms with Gasteiger partial charge in [-0.25, -0.2) is 0 Å². The number of ketones is 1. The van der Waals surface area contributed by atoms with Gasteiger partial charge >= 0.3 is 0 Å². The van der Waals surface area contributed by atoms with Crippen LogP contribution in [0.5, 0.6) is 0 Å². The lowest BCUT2D eigenvalue weighted by molar-refractivity contribution is -0.384. The average Bonchev–Trinajstić information content (AvgIpc) is 2.71. The number of non-ortho nitro benzene ring substituents is 1. The highest BCUT2D eigenvalue weighted by Crippen LogP contribution is 2.51. The third-order valence-corrected chi connectivity index (χ3v) is 6.01. The van der Waals surface area contributed by atoms with Crippen molar-refractivity contribution in [1.82, 2.24) is 4.98 Å². The molecule has 0 unspecified atom stereocenters. The van der Waals surface area contributed by atoms with Gasteiger partial charge in [-0.05, 0) is 41.2 Å². The third-order valence-electron chi connectivity index (χ3n) is 6.01. The summed E-state index contributed by atoms with van der Waals surface area (Å²) in [6.45, 7) is 4.23. The molecular formula is C24H21N3O3. The van der Waals surface area contributed by atoms with Crippen LogP contribution in [0.15, 0.2) is 60.3 Å². The van der Waals surface area contributed by atoms with Crippen molar-refractivity contribution < 1.29 is 9.72 Å². The first-order chi connectivity index (χ1) is 14.3. The molecule has 1 aromatic heterocycles. The fraction of sp³-hybridized carbons (Fsp3) is 0.250. The highest BCUT2D eigenvalue weighted by molar-refractivity contribution is 6.12. The fourth-order valence-corrected chi connectivity index (χ4v) is 4.79. The van der Waals surface area contributed by atoms with E-state index in [0.29, 0.717) is 6.42 Å². The van der Waals surface area contributed by atoms with Gasteiger partial charge in [-0.1, -0.05) is 32.0 Å². The summed E-state index contributed by atoms with van der Waals surface area (Å²) in [6.07, 6.45) is 2.99. The lowest BCUT2D eigenvalue weighted by Gasteiger charge is -2.40. The van der Waals surface area contributed by atoms with Gasteiger partial charge in [0.05, 0.1) is 16.5 Å². The molecular weight excluding hydrogens is 378 g/mol. The molecule has 3 aromatic rings. The number of hydrogen-bond acceptors (Lipinski definition) is 5. The molecule has 6 heteroatoms. The maximum absolute atomic E-state index is 13.3. The number of hydrogen-bond donors (Lipinski definition) is 1. The van der Waals surface area contributed by atoms with E-state index < -0.39 is 11.0 Å². The first-order valence-electron chi connectivity index (χ1n) is 9.99. The molecule has 0 fully saturated rings. The second-order valence-electron chi connectivity index (χ2n) is 8.82. The molecule has 0 spiro atoms. The van der Waals surface area contributed by atoms with E-state index >= 15 is 0 Å². The molecule has 2 aromatic carbocycles. The number of nitro benzene ring substituents is 1. The maximum Gasteiger partial charge on any atom is 0.269 e. The molecule has 1 atom stereocenters. The zero-order valence-electron chi connectivity index (χ0n) is 16.8. The van der Waals surface area contributed by atoms with E-state index in [2.05, 4.69) is 24.1 Å². The van der Waals surface area contributed by atoms with Gasteiger partial charge in [-0.2, -0.15) is 0 Å². The summed E-state index contributed by atoms with van der Waals surface area (Å²) in [5.41, 5.74) is 5.18. The molecule has 1 aliphatic carbocycles. The standard InChI is InChI=1S/C24H21N3O3/c1-24(2)12-17-21-16-7-4-10-25-18(16)8-9-19(21)26-23(22(17)20(28)13-24)14-5-3-6-15(11-14)27(29)30/h3-11,23,26H,12-13H2,1-2H3/t23-/m0/s1. The highest BCUT2D eigenvalue weighted by Gasteiger charge is 2.41. The average molecular weight is 399 g/mol. The van der Waals surface area contributed by atoms with E-state index in [4.69, 9.17) is 0 Å². The van der Waals surface area contributed by atoms with Crippen LogP contribution in [0.1, 0.15) is 43.9 Å². The Bertz CT molecular complexity index is 1260. The summed E-state index contributed by atoms with van der Waals surface area (Å²) in [7, 11) is 0. The van der Waals surface area contributed by atoms with Crippen LogP contribution in [0.25, 0.3) is 16.5 Å². The second-order valence-corrected chi connectivity index (χ2v) is 8.82. The van der Waals surface area contributed by atoms with Crippen LogP contribution in [0.4, 0.5) is 11.4 Å². The Kier molecular flexibility index (Phi) is 4.00. The van der Waals surface area contributed by atoms with Gasteiger partial charge in [0.15, 0.2) is 5.78 Å². The Labute approximate surface area is 173 Å². The number of carbonyl (C=O) groups excluding carboxylic acids is 1. The number of pyridine rings is 1. The maximum atomic E-state index is 13.3. The number of rotatable bonds is 2.